The van der Waals surface area contributed by atoms with E-state index in [0.29, 0.717) is 17.9 Å². The van der Waals surface area contributed by atoms with Gasteiger partial charge in [0.15, 0.2) is 15.9 Å². The molecule has 2 aliphatic rings. The van der Waals surface area contributed by atoms with Crippen LogP contribution in [-0.2, 0) is 25.8 Å². The van der Waals surface area contributed by atoms with Crippen molar-refractivity contribution in [1.29, 1.82) is 0 Å². The largest absolute Gasteiger partial charge is 0.543 e. The molecule has 2 atom stereocenters. The number of amides is 2. The van der Waals surface area contributed by atoms with Gasteiger partial charge in [0.25, 0.3) is 17.5 Å². The van der Waals surface area contributed by atoms with Gasteiger partial charge in [0.2, 0.25) is 0 Å². The summed E-state index contributed by atoms with van der Waals surface area (Å²) in [5.74, 6) is -1.60. The summed E-state index contributed by atoms with van der Waals surface area (Å²) in [6.45, 7) is 0.801. The number of hydrogen-bond donors (Lipinski definition) is 3. The lowest BCUT2D eigenvalue weighted by Gasteiger charge is -2.50. The summed E-state index contributed by atoms with van der Waals surface area (Å²) in [6, 6.07) is 4.89. The minimum absolute atomic E-state index is 0.144. The number of anilines is 1. The summed E-state index contributed by atoms with van der Waals surface area (Å²) in [7, 11) is 1.28. The van der Waals surface area contributed by atoms with Crippen LogP contribution in [-0.4, -0.2) is 74.4 Å². The number of nitrogens with one attached hydrogen (secondary N) is 1. The Hall–Kier alpha value is -3.60. The van der Waals surface area contributed by atoms with Crippen molar-refractivity contribution < 1.29 is 28.9 Å². The number of aromatic nitrogens is 3. The normalized spacial score (nSPS) is 19.2. The first-order chi connectivity index (χ1) is 18.8. The molecular formula is C23H24N8O5S3. The molecule has 1 saturated heterocycles. The van der Waals surface area contributed by atoms with Crippen molar-refractivity contribution >= 4 is 69.1 Å². The number of nitrogen functional groups attached to an aromatic ring is 1. The highest BCUT2D eigenvalue weighted by Crippen LogP contribution is 2.40. The first-order valence-electron chi connectivity index (χ1n) is 11.7. The third-order valence-electron chi connectivity index (χ3n) is 6.08. The third kappa shape index (κ3) is 5.07. The van der Waals surface area contributed by atoms with E-state index in [1.807, 2.05) is 39.6 Å². The first-order valence-corrected chi connectivity index (χ1v) is 14.6. The predicted octanol–water partition coefficient (Wildman–Crippen LogP) is -1.23. The highest BCUT2D eigenvalue weighted by Gasteiger charge is 2.53. The molecule has 16 heteroatoms. The lowest BCUT2D eigenvalue weighted by molar-refractivity contribution is -0.662. The number of imidazole rings is 1. The van der Waals surface area contributed by atoms with Crippen molar-refractivity contribution in [2.24, 2.45) is 10.9 Å². The van der Waals surface area contributed by atoms with Gasteiger partial charge in [-0.15, -0.1) is 23.1 Å². The molecule has 0 aromatic carbocycles. The molecule has 0 spiro atoms. The number of oxime groups is 1. The van der Waals surface area contributed by atoms with Crippen LogP contribution in [0, 0.1) is 0 Å². The second kappa shape index (κ2) is 11.3. The summed E-state index contributed by atoms with van der Waals surface area (Å²) < 4.78 is 3.93. The number of nitrogens with two attached hydrogens (primary N) is 2. The van der Waals surface area contributed by atoms with E-state index in [2.05, 4.69) is 15.5 Å². The molecule has 3 aromatic rings. The maximum absolute atomic E-state index is 13.1. The summed E-state index contributed by atoms with van der Waals surface area (Å²) in [6.07, 6.45) is 3.77. The minimum Gasteiger partial charge on any atom is -0.543 e. The fraction of sp³-hybridized carbons (Fsp3) is 0.304. The van der Waals surface area contributed by atoms with Crippen LogP contribution in [0.3, 0.4) is 0 Å². The molecular weight excluding hydrogens is 565 g/mol. The number of hydrogen-bond acceptors (Lipinski definition) is 12. The number of thioether (sulfide) groups is 2. The van der Waals surface area contributed by atoms with Gasteiger partial charge < -0.3 is 31.5 Å². The van der Waals surface area contributed by atoms with E-state index in [4.69, 9.17) is 16.3 Å². The van der Waals surface area contributed by atoms with Crippen LogP contribution in [0.25, 0.3) is 5.65 Å². The van der Waals surface area contributed by atoms with Gasteiger partial charge in [-0.25, -0.2) is 9.55 Å². The predicted molar refractivity (Wildman–Crippen MR) is 144 cm³/mol. The summed E-state index contributed by atoms with van der Waals surface area (Å²) in [4.78, 5) is 48.3. The second-order valence-electron chi connectivity index (χ2n) is 8.45. The molecule has 0 aliphatic carbocycles. The Labute approximate surface area is 234 Å². The molecule has 1 fully saturated rings. The van der Waals surface area contributed by atoms with E-state index in [1.165, 1.54) is 23.8 Å². The van der Waals surface area contributed by atoms with Gasteiger partial charge in [0.1, 0.15) is 43.2 Å². The van der Waals surface area contributed by atoms with Gasteiger partial charge in [0.05, 0.1) is 11.7 Å². The molecule has 5 heterocycles. The van der Waals surface area contributed by atoms with Crippen molar-refractivity contribution in [1.82, 2.24) is 19.6 Å². The quantitative estimate of drug-likeness (QED) is 0.0852. The van der Waals surface area contributed by atoms with Crippen molar-refractivity contribution in [2.75, 3.05) is 30.9 Å². The van der Waals surface area contributed by atoms with Gasteiger partial charge in [-0.2, -0.15) is 4.40 Å². The summed E-state index contributed by atoms with van der Waals surface area (Å²) >= 11 is 4.11. The van der Waals surface area contributed by atoms with E-state index in [0.717, 1.165) is 27.8 Å². The Balaban J connectivity index is 1.36. The second-order valence-corrected chi connectivity index (χ2v) is 11.6. The van der Waals surface area contributed by atoms with Gasteiger partial charge in [-0.3, -0.25) is 14.5 Å². The van der Waals surface area contributed by atoms with Crippen molar-refractivity contribution in [3.8, 4) is 0 Å². The van der Waals surface area contributed by atoms with Crippen LogP contribution >= 0.6 is 34.9 Å². The highest BCUT2D eigenvalue weighted by atomic mass is 32.2. The maximum atomic E-state index is 13.1. The zero-order valence-corrected chi connectivity index (χ0v) is 23.1. The Morgan fingerprint density at radius 2 is 2.23 bits per heavy atom. The van der Waals surface area contributed by atoms with Crippen molar-refractivity contribution in [2.45, 2.75) is 23.0 Å². The number of carboxylic acid groups (broad SMARTS) is 1. The van der Waals surface area contributed by atoms with Crippen molar-refractivity contribution in [3.05, 3.63) is 52.9 Å². The third-order valence-corrected chi connectivity index (χ3v) is 9.16. The van der Waals surface area contributed by atoms with Gasteiger partial charge in [0, 0.05) is 35.1 Å². The lowest BCUT2D eigenvalue weighted by Crippen LogP contribution is -2.71. The Morgan fingerprint density at radius 1 is 1.41 bits per heavy atom. The van der Waals surface area contributed by atoms with Gasteiger partial charge in [-0.05, 0) is 12.1 Å². The smallest absolute Gasteiger partial charge is 0.287 e. The molecule has 5 N–H and O–H groups in total. The zero-order valence-electron chi connectivity index (χ0n) is 20.6. The van der Waals surface area contributed by atoms with E-state index >= 15 is 0 Å². The number of thiazole rings is 1. The van der Waals surface area contributed by atoms with Crippen LogP contribution in [0.4, 0.5) is 5.13 Å². The first kappa shape index (κ1) is 27.0. The lowest BCUT2D eigenvalue weighted by atomic mass is 10.0. The standard InChI is InChI=1S/C23H24N8O5S3/c1-36-28-16(13-11-39-23(25)26-13)19(32)27-17-20(33)31-18(22(34)35)12(10-38-21(17)31)9-29-6-7-30-14(29)3-2-4-15(30)37-8-5-24/h2-4,6-7,11,17,21H,5,8-10,24H2,1H3,(H3-,25,26,27,32,34,35)/b28-16-/t17-,21+/m1/s1. The Morgan fingerprint density at radius 3 is 2.92 bits per heavy atom. The summed E-state index contributed by atoms with van der Waals surface area (Å²) in [5.41, 5.74) is 12.6. The van der Waals surface area contributed by atoms with E-state index in [9.17, 15) is 19.5 Å². The topological polar surface area (TPSA) is 184 Å². The number of carbonyl (C=O) groups excluding carboxylic acids is 3. The van der Waals surface area contributed by atoms with E-state index < -0.39 is 29.2 Å². The molecule has 0 radical (unpaired) electrons. The van der Waals surface area contributed by atoms with Crippen LogP contribution in [0.15, 0.2) is 57.4 Å². The number of pyridine rings is 1. The van der Waals surface area contributed by atoms with Gasteiger partial charge >= 0.3 is 0 Å². The Kier molecular flexibility index (Phi) is 7.79. The number of aliphatic carboxylic acids is 1. The monoisotopic (exact) mass is 588 g/mol. The van der Waals surface area contributed by atoms with E-state index in [1.54, 1.807) is 17.1 Å². The zero-order chi connectivity index (χ0) is 27.7. The van der Waals surface area contributed by atoms with Crippen LogP contribution < -0.4 is 26.5 Å². The van der Waals surface area contributed by atoms with Crippen LogP contribution in [0.5, 0.6) is 0 Å². The minimum atomic E-state index is -1.45. The Bertz CT molecular complexity index is 1520. The number of β-lactam (4-membered cyclic amide) rings is 1. The fourth-order valence-corrected chi connectivity index (χ4v) is 7.09. The molecule has 2 aliphatic heterocycles. The average Bonchev–Trinajstić information content (AvgIpc) is 3.54. The molecule has 5 rings (SSSR count). The fourth-order valence-electron chi connectivity index (χ4n) is 4.41. The maximum Gasteiger partial charge on any atom is 0.287 e. The number of nitrogens with zero attached hydrogens (tertiary/aromatic N) is 5. The van der Waals surface area contributed by atoms with E-state index in [-0.39, 0.29) is 28.8 Å². The number of fused-ring (bicyclic) bond motifs is 2. The number of carboxylic acids is 1. The molecule has 0 saturated carbocycles. The molecule has 0 bridgehead atoms. The molecule has 204 valence electrons. The van der Waals surface area contributed by atoms with Crippen LogP contribution in [0.2, 0.25) is 0 Å². The summed E-state index contributed by atoms with van der Waals surface area (Å²) in [5, 5.41) is 20.8. The molecule has 39 heavy (non-hydrogen) atoms. The number of rotatable bonds is 10. The average molecular weight is 589 g/mol. The number of carbonyl (C=O) groups is 3. The van der Waals surface area contributed by atoms with Gasteiger partial charge in [-0.1, -0.05) is 16.9 Å². The van der Waals surface area contributed by atoms with Crippen molar-refractivity contribution in [3.63, 3.8) is 0 Å². The molecule has 3 aromatic heterocycles. The molecule has 0 unspecified atom stereocenters. The highest BCUT2D eigenvalue weighted by molar-refractivity contribution is 8.00. The van der Waals surface area contributed by atoms with Crippen LogP contribution in [0.1, 0.15) is 5.69 Å². The molecule has 13 nitrogen and oxygen atoms in total. The SMILES string of the molecule is CO/N=C(\C(=O)N[C@@H]1C(=O)N2C(C(=O)[O-])=C(C[n+]3ccn4c(SCCN)cccc43)CS[C@@H]12)c1csc(N)n1. The molecule has 2 amide bonds.